The Balaban J connectivity index is 1.71. The van der Waals surface area contributed by atoms with Gasteiger partial charge in [-0.25, -0.2) is 4.68 Å². The van der Waals surface area contributed by atoms with Crippen molar-refractivity contribution in [2.75, 3.05) is 34.3 Å². The van der Waals surface area contributed by atoms with Gasteiger partial charge in [0.1, 0.15) is 11.3 Å². The lowest BCUT2D eigenvalue weighted by Gasteiger charge is -2.46. The number of tetrazole rings is 1. The van der Waals surface area contributed by atoms with E-state index in [0.29, 0.717) is 18.9 Å². The molecule has 0 saturated carbocycles. The minimum absolute atomic E-state index is 0.183. The Morgan fingerprint density at radius 2 is 2.00 bits per heavy atom. The van der Waals surface area contributed by atoms with Gasteiger partial charge in [0.05, 0.1) is 7.11 Å². The van der Waals surface area contributed by atoms with E-state index in [2.05, 4.69) is 48.4 Å². The summed E-state index contributed by atoms with van der Waals surface area (Å²) in [6.45, 7) is 6.60. The van der Waals surface area contributed by atoms with Crippen LogP contribution in [0.2, 0.25) is 0 Å². The molecular formula is C23H36N6O2. The summed E-state index contributed by atoms with van der Waals surface area (Å²) < 4.78 is 7.15. The summed E-state index contributed by atoms with van der Waals surface area (Å²) in [6.07, 6.45) is 4.11. The Morgan fingerprint density at radius 1 is 1.26 bits per heavy atom. The highest BCUT2D eigenvalue weighted by molar-refractivity contribution is 5.76. The van der Waals surface area contributed by atoms with Gasteiger partial charge in [-0.1, -0.05) is 26.0 Å². The van der Waals surface area contributed by atoms with Crippen LogP contribution in [0.4, 0.5) is 0 Å². The predicted octanol–water partition coefficient (Wildman–Crippen LogP) is 2.74. The Labute approximate surface area is 185 Å². The fraction of sp³-hybridized carbons (Fsp3) is 0.652. The van der Waals surface area contributed by atoms with Gasteiger partial charge < -0.3 is 9.64 Å². The molecule has 8 nitrogen and oxygen atoms in total. The first-order valence-electron chi connectivity index (χ1n) is 11.2. The zero-order valence-corrected chi connectivity index (χ0v) is 19.5. The molecule has 1 amide bonds. The lowest BCUT2D eigenvalue weighted by molar-refractivity contribution is -0.135. The van der Waals surface area contributed by atoms with E-state index in [9.17, 15) is 4.79 Å². The van der Waals surface area contributed by atoms with Gasteiger partial charge in [0.25, 0.3) is 0 Å². The standard InChI is InChI=1S/C23H36N6O2/c1-18(2)13-16-29-22(24-25-26-29)23(27(3)4)14-6-15-28(17-23)21(30)12-9-19-7-10-20(31-5)11-8-19/h7-8,10-11,18H,6,9,12-17H2,1-5H3. The summed E-state index contributed by atoms with van der Waals surface area (Å²) >= 11 is 0. The molecule has 1 atom stereocenters. The molecular weight excluding hydrogens is 392 g/mol. The van der Waals surface area contributed by atoms with Crippen molar-refractivity contribution < 1.29 is 9.53 Å². The van der Waals surface area contributed by atoms with Crippen LogP contribution in [0.25, 0.3) is 0 Å². The highest BCUT2D eigenvalue weighted by Crippen LogP contribution is 2.35. The van der Waals surface area contributed by atoms with Crippen LogP contribution < -0.4 is 4.74 Å². The van der Waals surface area contributed by atoms with Crippen molar-refractivity contribution in [1.82, 2.24) is 30.0 Å². The van der Waals surface area contributed by atoms with E-state index in [1.165, 1.54) is 0 Å². The second-order valence-corrected chi connectivity index (χ2v) is 9.10. The van der Waals surface area contributed by atoms with Crippen LogP contribution >= 0.6 is 0 Å². The summed E-state index contributed by atoms with van der Waals surface area (Å²) in [5, 5.41) is 12.7. The van der Waals surface area contributed by atoms with Gasteiger partial charge in [0, 0.05) is 26.1 Å². The number of piperidine rings is 1. The number of likely N-dealkylation sites (N-methyl/N-ethyl adjacent to an activating group) is 1. The summed E-state index contributed by atoms with van der Waals surface area (Å²) in [6, 6.07) is 7.92. The zero-order valence-electron chi connectivity index (χ0n) is 19.5. The van der Waals surface area contributed by atoms with Crippen molar-refractivity contribution in [3.63, 3.8) is 0 Å². The average molecular weight is 429 g/mol. The molecule has 3 rings (SSSR count). The highest BCUT2D eigenvalue weighted by atomic mass is 16.5. The number of hydrogen-bond donors (Lipinski definition) is 0. The van der Waals surface area contributed by atoms with Crippen LogP contribution in [-0.2, 0) is 23.3 Å². The third kappa shape index (κ3) is 5.42. The van der Waals surface area contributed by atoms with Crippen molar-refractivity contribution >= 4 is 5.91 Å². The molecule has 1 aromatic carbocycles. The van der Waals surface area contributed by atoms with E-state index in [0.717, 1.165) is 55.9 Å². The molecule has 0 N–H and O–H groups in total. The molecule has 1 aliphatic heterocycles. The van der Waals surface area contributed by atoms with Crippen molar-refractivity contribution in [2.24, 2.45) is 5.92 Å². The normalized spacial score (nSPS) is 19.3. The number of benzene rings is 1. The number of carbonyl (C=O) groups is 1. The monoisotopic (exact) mass is 428 g/mol. The van der Waals surface area contributed by atoms with Crippen molar-refractivity contribution in [2.45, 2.75) is 58.0 Å². The number of amides is 1. The quantitative estimate of drug-likeness (QED) is 0.611. The molecule has 170 valence electrons. The Kier molecular flexibility index (Phi) is 7.64. The third-order valence-corrected chi connectivity index (χ3v) is 6.33. The molecule has 0 radical (unpaired) electrons. The minimum atomic E-state index is -0.367. The second-order valence-electron chi connectivity index (χ2n) is 9.10. The first-order valence-corrected chi connectivity index (χ1v) is 11.2. The molecule has 1 aromatic heterocycles. The maximum Gasteiger partial charge on any atom is 0.222 e. The van der Waals surface area contributed by atoms with E-state index in [1.807, 2.05) is 33.8 Å². The molecule has 1 saturated heterocycles. The molecule has 0 aliphatic carbocycles. The lowest BCUT2D eigenvalue weighted by atomic mass is 9.86. The maximum atomic E-state index is 13.1. The molecule has 1 fully saturated rings. The minimum Gasteiger partial charge on any atom is -0.497 e. The predicted molar refractivity (Wildman–Crippen MR) is 120 cm³/mol. The van der Waals surface area contributed by atoms with Crippen LogP contribution in [0.3, 0.4) is 0 Å². The average Bonchev–Trinajstić information content (AvgIpc) is 3.25. The van der Waals surface area contributed by atoms with E-state index in [1.54, 1.807) is 7.11 Å². The molecule has 0 spiro atoms. The molecule has 2 heterocycles. The summed E-state index contributed by atoms with van der Waals surface area (Å²) in [7, 11) is 5.78. The smallest absolute Gasteiger partial charge is 0.222 e. The number of carbonyl (C=O) groups excluding carboxylic acids is 1. The first-order chi connectivity index (χ1) is 14.9. The van der Waals surface area contributed by atoms with E-state index in [4.69, 9.17) is 4.74 Å². The largest absolute Gasteiger partial charge is 0.497 e. The van der Waals surface area contributed by atoms with Crippen LogP contribution in [0, 0.1) is 5.92 Å². The van der Waals surface area contributed by atoms with E-state index >= 15 is 0 Å². The number of ether oxygens (including phenoxy) is 1. The molecule has 8 heteroatoms. The molecule has 31 heavy (non-hydrogen) atoms. The summed E-state index contributed by atoms with van der Waals surface area (Å²) in [4.78, 5) is 17.3. The second kappa shape index (κ2) is 10.2. The number of aryl methyl sites for hydroxylation is 2. The molecule has 1 aliphatic rings. The number of hydrogen-bond acceptors (Lipinski definition) is 6. The summed E-state index contributed by atoms with van der Waals surface area (Å²) in [5.41, 5.74) is 0.775. The van der Waals surface area contributed by atoms with Crippen LogP contribution in [0.5, 0.6) is 5.75 Å². The Hall–Kier alpha value is -2.48. The first kappa shape index (κ1) is 23.2. The van der Waals surface area contributed by atoms with Crippen LogP contribution in [-0.4, -0.2) is 70.2 Å². The third-order valence-electron chi connectivity index (χ3n) is 6.33. The van der Waals surface area contributed by atoms with Gasteiger partial charge in [-0.05, 0) is 73.8 Å². The SMILES string of the molecule is COc1ccc(CCC(=O)N2CCCC(c3nnnn3CCC(C)C)(N(C)C)C2)cc1. The number of methoxy groups -OCH3 is 1. The number of nitrogens with zero attached hydrogens (tertiary/aromatic N) is 6. The van der Waals surface area contributed by atoms with Gasteiger partial charge in [-0.2, -0.15) is 0 Å². The van der Waals surface area contributed by atoms with Gasteiger partial charge in [-0.15, -0.1) is 5.10 Å². The van der Waals surface area contributed by atoms with E-state index < -0.39 is 0 Å². The number of aromatic nitrogens is 4. The van der Waals surface area contributed by atoms with Crippen LogP contribution in [0.1, 0.15) is 50.9 Å². The molecule has 0 bridgehead atoms. The van der Waals surface area contributed by atoms with Gasteiger partial charge in [-0.3, -0.25) is 9.69 Å². The van der Waals surface area contributed by atoms with Crippen molar-refractivity contribution in [3.05, 3.63) is 35.7 Å². The summed E-state index contributed by atoms with van der Waals surface area (Å²) in [5.74, 6) is 2.46. The fourth-order valence-electron chi connectivity index (χ4n) is 4.27. The van der Waals surface area contributed by atoms with Crippen LogP contribution in [0.15, 0.2) is 24.3 Å². The van der Waals surface area contributed by atoms with Crippen molar-refractivity contribution in [3.8, 4) is 5.75 Å². The zero-order chi connectivity index (χ0) is 22.4. The maximum absolute atomic E-state index is 13.1. The Bertz CT molecular complexity index is 848. The number of rotatable bonds is 9. The van der Waals surface area contributed by atoms with Crippen molar-refractivity contribution in [1.29, 1.82) is 0 Å². The van der Waals surface area contributed by atoms with E-state index in [-0.39, 0.29) is 11.4 Å². The molecule has 2 aromatic rings. The van der Waals surface area contributed by atoms with Gasteiger partial charge in [0.2, 0.25) is 5.91 Å². The highest BCUT2D eigenvalue weighted by Gasteiger charge is 2.44. The number of likely N-dealkylation sites (tertiary alicyclic amines) is 1. The fourth-order valence-corrected chi connectivity index (χ4v) is 4.27. The van der Waals surface area contributed by atoms with Gasteiger partial charge >= 0.3 is 0 Å². The topological polar surface area (TPSA) is 76.4 Å². The van der Waals surface area contributed by atoms with Gasteiger partial charge in [0.15, 0.2) is 5.82 Å². The molecule has 1 unspecified atom stereocenters. The lowest BCUT2D eigenvalue weighted by Crippen LogP contribution is -2.56. The Morgan fingerprint density at radius 3 is 2.65 bits per heavy atom.